The van der Waals surface area contributed by atoms with E-state index in [2.05, 4.69) is 5.10 Å². The van der Waals surface area contributed by atoms with E-state index in [0.29, 0.717) is 4.68 Å². The summed E-state index contributed by atoms with van der Waals surface area (Å²) in [5.74, 6) is -1.94. The van der Waals surface area contributed by atoms with Gasteiger partial charge in [0.1, 0.15) is 17.8 Å². The van der Waals surface area contributed by atoms with E-state index >= 15 is 0 Å². The number of rotatable bonds is 4. The monoisotopic (exact) mass is 388 g/mol. The average Bonchev–Trinajstić information content (AvgIpc) is 2.97. The lowest BCUT2D eigenvalue weighted by molar-refractivity contribution is -0.133. The summed E-state index contributed by atoms with van der Waals surface area (Å²) in [6, 6.07) is 0.751. The first-order chi connectivity index (χ1) is 12.5. The van der Waals surface area contributed by atoms with Crippen molar-refractivity contribution in [3.63, 3.8) is 0 Å². The number of amides is 2. The van der Waals surface area contributed by atoms with Gasteiger partial charge in [0, 0.05) is 32.2 Å². The molecule has 0 aromatic carbocycles. The Morgan fingerprint density at radius 2 is 1.74 bits per heavy atom. The Bertz CT molecular complexity index is 721. The van der Waals surface area contributed by atoms with Crippen LogP contribution < -0.4 is 0 Å². The van der Waals surface area contributed by atoms with Gasteiger partial charge in [0.05, 0.1) is 0 Å². The standard InChI is InChI=1S/C16H22F2N4O5/c1-16(2,3)27-15(26)21-6-4-20(5-7-21)12(23)9-22-11(13(17)18)8-10(19-22)14(24)25/h8,13H,4-7,9H2,1-3H3,(H,24,25). The number of aromatic carboxylic acids is 1. The van der Waals surface area contributed by atoms with Gasteiger partial charge >= 0.3 is 12.1 Å². The molecule has 11 heteroatoms. The Labute approximate surface area is 154 Å². The number of carboxylic acid groups (broad SMARTS) is 1. The Kier molecular flexibility index (Phi) is 6.01. The first-order valence-electron chi connectivity index (χ1n) is 8.33. The largest absolute Gasteiger partial charge is 0.476 e. The van der Waals surface area contributed by atoms with Crippen LogP contribution in [0, 0.1) is 0 Å². The predicted octanol–water partition coefficient (Wildman–Crippen LogP) is 1.60. The van der Waals surface area contributed by atoms with Crippen LogP contribution in [-0.4, -0.2) is 74.4 Å². The van der Waals surface area contributed by atoms with Gasteiger partial charge in [-0.05, 0) is 20.8 Å². The molecule has 1 aliphatic rings. The third-order valence-corrected chi connectivity index (χ3v) is 3.82. The average molecular weight is 388 g/mol. The minimum absolute atomic E-state index is 0.217. The molecule has 0 spiro atoms. The fourth-order valence-corrected chi connectivity index (χ4v) is 2.53. The van der Waals surface area contributed by atoms with Gasteiger partial charge in [0.15, 0.2) is 5.69 Å². The Morgan fingerprint density at radius 3 is 2.22 bits per heavy atom. The van der Waals surface area contributed by atoms with Gasteiger partial charge in [0.2, 0.25) is 5.91 Å². The maximum atomic E-state index is 13.0. The zero-order valence-electron chi connectivity index (χ0n) is 15.3. The van der Waals surface area contributed by atoms with E-state index in [1.165, 1.54) is 9.80 Å². The summed E-state index contributed by atoms with van der Waals surface area (Å²) in [5, 5.41) is 12.4. The van der Waals surface area contributed by atoms with Gasteiger partial charge in [-0.2, -0.15) is 5.10 Å². The molecular formula is C16H22F2N4O5. The van der Waals surface area contributed by atoms with Crippen LogP contribution in [0.2, 0.25) is 0 Å². The topological polar surface area (TPSA) is 105 Å². The second-order valence-corrected chi connectivity index (χ2v) is 7.07. The van der Waals surface area contributed by atoms with Crippen LogP contribution in [0.25, 0.3) is 0 Å². The molecule has 1 aliphatic heterocycles. The highest BCUT2D eigenvalue weighted by Crippen LogP contribution is 2.20. The highest BCUT2D eigenvalue weighted by atomic mass is 19.3. The zero-order valence-corrected chi connectivity index (χ0v) is 15.3. The van der Waals surface area contributed by atoms with Crippen LogP contribution >= 0.6 is 0 Å². The summed E-state index contributed by atoms with van der Waals surface area (Å²) >= 11 is 0. The molecular weight excluding hydrogens is 366 g/mol. The number of hydrogen-bond acceptors (Lipinski definition) is 5. The fraction of sp³-hybridized carbons (Fsp3) is 0.625. The number of carbonyl (C=O) groups excluding carboxylic acids is 2. The van der Waals surface area contributed by atoms with Gasteiger partial charge in [-0.15, -0.1) is 0 Å². The van der Waals surface area contributed by atoms with Gasteiger partial charge in [-0.1, -0.05) is 0 Å². The maximum absolute atomic E-state index is 13.0. The normalized spacial score (nSPS) is 15.2. The van der Waals surface area contributed by atoms with Gasteiger partial charge in [-0.3, -0.25) is 9.48 Å². The van der Waals surface area contributed by atoms with Gasteiger partial charge < -0.3 is 19.6 Å². The van der Waals surface area contributed by atoms with E-state index in [9.17, 15) is 23.2 Å². The number of carboxylic acids is 1. The molecule has 150 valence electrons. The maximum Gasteiger partial charge on any atom is 0.410 e. The van der Waals surface area contributed by atoms with E-state index in [-0.39, 0.29) is 26.2 Å². The number of hydrogen-bond donors (Lipinski definition) is 1. The third kappa shape index (κ3) is 5.38. The molecule has 2 amide bonds. The molecule has 0 saturated carbocycles. The molecule has 0 atom stereocenters. The van der Waals surface area contributed by atoms with E-state index in [1.807, 2.05) is 0 Å². The zero-order chi connectivity index (χ0) is 20.4. The van der Waals surface area contributed by atoms with Crippen molar-refractivity contribution in [1.82, 2.24) is 19.6 Å². The molecule has 1 fully saturated rings. The van der Waals surface area contributed by atoms with Crippen LogP contribution in [-0.2, 0) is 16.1 Å². The van der Waals surface area contributed by atoms with Crippen LogP contribution in [0.4, 0.5) is 13.6 Å². The summed E-state index contributed by atoms with van der Waals surface area (Å²) in [5.41, 5.74) is -1.81. The summed E-state index contributed by atoms with van der Waals surface area (Å²) in [4.78, 5) is 38.2. The number of piperazine rings is 1. The van der Waals surface area contributed by atoms with Crippen LogP contribution in [0.15, 0.2) is 6.07 Å². The van der Waals surface area contributed by atoms with Crippen LogP contribution in [0.5, 0.6) is 0 Å². The molecule has 1 saturated heterocycles. The van der Waals surface area contributed by atoms with Crippen molar-refractivity contribution in [1.29, 1.82) is 0 Å². The lowest BCUT2D eigenvalue weighted by Crippen LogP contribution is -2.52. The number of alkyl halides is 2. The van der Waals surface area contributed by atoms with E-state index in [0.717, 1.165) is 6.07 Å². The lowest BCUT2D eigenvalue weighted by Gasteiger charge is -2.35. The minimum Gasteiger partial charge on any atom is -0.476 e. The molecule has 0 bridgehead atoms. The molecule has 9 nitrogen and oxygen atoms in total. The molecule has 2 heterocycles. The van der Waals surface area contributed by atoms with E-state index in [1.54, 1.807) is 20.8 Å². The number of aromatic nitrogens is 2. The molecule has 2 rings (SSSR count). The Balaban J connectivity index is 1.97. The van der Waals surface area contributed by atoms with Crippen molar-refractivity contribution >= 4 is 18.0 Å². The molecule has 1 N–H and O–H groups in total. The summed E-state index contributed by atoms with van der Waals surface area (Å²) in [6.07, 6.45) is -3.44. The van der Waals surface area contributed by atoms with Crippen molar-refractivity contribution in [3.05, 3.63) is 17.5 Å². The SMILES string of the molecule is CC(C)(C)OC(=O)N1CCN(C(=O)Cn2nc(C(=O)O)cc2C(F)F)CC1. The second-order valence-electron chi connectivity index (χ2n) is 7.07. The molecule has 1 aromatic heterocycles. The van der Waals surface area contributed by atoms with Crippen molar-refractivity contribution in [3.8, 4) is 0 Å². The number of halogens is 2. The Hall–Kier alpha value is -2.72. The lowest BCUT2D eigenvalue weighted by atomic mass is 10.2. The van der Waals surface area contributed by atoms with Crippen LogP contribution in [0.1, 0.15) is 43.4 Å². The quantitative estimate of drug-likeness (QED) is 0.840. The first-order valence-corrected chi connectivity index (χ1v) is 8.33. The van der Waals surface area contributed by atoms with Crippen molar-refractivity contribution in [2.75, 3.05) is 26.2 Å². The molecule has 1 aromatic rings. The highest BCUT2D eigenvalue weighted by molar-refractivity contribution is 5.85. The molecule has 0 unspecified atom stereocenters. The third-order valence-electron chi connectivity index (χ3n) is 3.82. The highest BCUT2D eigenvalue weighted by Gasteiger charge is 2.29. The van der Waals surface area contributed by atoms with Gasteiger partial charge in [0.25, 0.3) is 6.43 Å². The first kappa shape index (κ1) is 20.6. The minimum atomic E-state index is -2.96. The van der Waals surface area contributed by atoms with Crippen molar-refractivity contribution < 1.29 is 33.0 Å². The van der Waals surface area contributed by atoms with E-state index in [4.69, 9.17) is 9.84 Å². The van der Waals surface area contributed by atoms with Crippen molar-refractivity contribution in [2.24, 2.45) is 0 Å². The van der Waals surface area contributed by atoms with Crippen molar-refractivity contribution in [2.45, 2.75) is 39.3 Å². The summed E-state index contributed by atoms with van der Waals surface area (Å²) < 4.78 is 32.0. The fourth-order valence-electron chi connectivity index (χ4n) is 2.53. The number of carbonyl (C=O) groups is 3. The Morgan fingerprint density at radius 1 is 1.19 bits per heavy atom. The summed E-state index contributed by atoms with van der Waals surface area (Å²) in [7, 11) is 0. The molecule has 0 radical (unpaired) electrons. The second kappa shape index (κ2) is 7.89. The van der Waals surface area contributed by atoms with Gasteiger partial charge in [-0.25, -0.2) is 18.4 Å². The smallest absolute Gasteiger partial charge is 0.410 e. The number of nitrogens with zero attached hydrogens (tertiary/aromatic N) is 4. The van der Waals surface area contributed by atoms with Crippen LogP contribution in [0.3, 0.4) is 0 Å². The number of ether oxygens (including phenoxy) is 1. The molecule has 0 aliphatic carbocycles. The molecule has 27 heavy (non-hydrogen) atoms. The predicted molar refractivity (Wildman–Crippen MR) is 88.5 cm³/mol. The van der Waals surface area contributed by atoms with E-state index < -0.39 is 47.9 Å². The summed E-state index contributed by atoms with van der Waals surface area (Å²) in [6.45, 7) is 5.69.